The molecule has 0 saturated carbocycles. The number of hydrogen-bond donors (Lipinski definition) is 1. The van der Waals surface area contributed by atoms with E-state index in [1.807, 2.05) is 46.1 Å². The van der Waals surface area contributed by atoms with Crippen LogP contribution in [0.3, 0.4) is 0 Å². The lowest BCUT2D eigenvalue weighted by atomic mass is 9.86. The lowest BCUT2D eigenvalue weighted by molar-refractivity contribution is -0.123. The monoisotopic (exact) mass is 382 g/mol. The molecule has 1 atom stereocenters. The van der Waals surface area contributed by atoms with Crippen molar-refractivity contribution in [1.29, 1.82) is 0 Å². The van der Waals surface area contributed by atoms with Crippen molar-refractivity contribution in [3.8, 4) is 5.75 Å². The van der Waals surface area contributed by atoms with Gasteiger partial charge in [0.1, 0.15) is 5.75 Å². The van der Waals surface area contributed by atoms with Gasteiger partial charge < -0.3 is 15.0 Å². The van der Waals surface area contributed by atoms with Crippen LogP contribution in [-0.2, 0) is 10.2 Å². The highest BCUT2D eigenvalue weighted by Crippen LogP contribution is 2.25. The Kier molecular flexibility index (Phi) is 7.25. The molecule has 0 bridgehead atoms. The smallest absolute Gasteiger partial charge is 0.258 e. The molecule has 0 aromatic heterocycles. The van der Waals surface area contributed by atoms with Gasteiger partial charge in [0.2, 0.25) is 0 Å². The van der Waals surface area contributed by atoms with Gasteiger partial charge in [-0.15, -0.1) is 0 Å². The molecular weight excluding hydrogens is 348 g/mol. The zero-order valence-electron chi connectivity index (χ0n) is 18.3. The lowest BCUT2D eigenvalue weighted by Crippen LogP contribution is -2.37. The second-order valence-corrected chi connectivity index (χ2v) is 8.64. The molecular formula is C24H34N2O2. The van der Waals surface area contributed by atoms with Gasteiger partial charge in [-0.25, -0.2) is 0 Å². The third-order valence-electron chi connectivity index (χ3n) is 5.19. The molecule has 4 heteroatoms. The topological polar surface area (TPSA) is 41.6 Å². The molecule has 1 N–H and O–H groups in total. The van der Waals surface area contributed by atoms with Gasteiger partial charge in [0.25, 0.3) is 5.91 Å². The maximum absolute atomic E-state index is 12.3. The van der Waals surface area contributed by atoms with Crippen molar-refractivity contribution in [3.63, 3.8) is 0 Å². The van der Waals surface area contributed by atoms with Gasteiger partial charge >= 0.3 is 0 Å². The molecule has 0 heterocycles. The second-order valence-electron chi connectivity index (χ2n) is 8.64. The molecule has 1 amide bonds. The van der Waals surface area contributed by atoms with Crippen LogP contribution in [-0.4, -0.2) is 38.1 Å². The summed E-state index contributed by atoms with van der Waals surface area (Å²) in [6.07, 6.45) is 0. The van der Waals surface area contributed by atoms with Crippen molar-refractivity contribution in [2.45, 2.75) is 46.1 Å². The van der Waals surface area contributed by atoms with Crippen LogP contribution < -0.4 is 10.1 Å². The van der Waals surface area contributed by atoms with Gasteiger partial charge in [-0.05, 0) is 61.7 Å². The molecule has 0 radical (unpaired) electrons. The first kappa shape index (κ1) is 22.0. The fraction of sp³-hybridized carbons (Fsp3) is 0.458. The number of nitrogens with zero attached hydrogens (tertiary/aromatic N) is 1. The van der Waals surface area contributed by atoms with Crippen LogP contribution in [0.2, 0.25) is 0 Å². The average molecular weight is 383 g/mol. The number of carbonyl (C=O) groups excluding carboxylic acids is 1. The molecule has 28 heavy (non-hydrogen) atoms. The molecule has 0 aliphatic heterocycles. The van der Waals surface area contributed by atoms with Gasteiger partial charge in [0, 0.05) is 6.54 Å². The van der Waals surface area contributed by atoms with E-state index in [4.69, 9.17) is 4.74 Å². The molecule has 0 aliphatic carbocycles. The normalized spacial score (nSPS) is 12.7. The van der Waals surface area contributed by atoms with Crippen LogP contribution in [0.25, 0.3) is 0 Å². The Hall–Kier alpha value is -2.33. The Bertz CT molecular complexity index is 789. The molecule has 0 saturated heterocycles. The van der Waals surface area contributed by atoms with Gasteiger partial charge in [0.05, 0.1) is 6.04 Å². The fourth-order valence-electron chi connectivity index (χ4n) is 3.09. The van der Waals surface area contributed by atoms with E-state index in [0.29, 0.717) is 6.54 Å². The minimum absolute atomic E-state index is 0.0212. The number of ether oxygens (including phenoxy) is 1. The number of carbonyl (C=O) groups is 1. The van der Waals surface area contributed by atoms with E-state index in [1.54, 1.807) is 0 Å². The minimum Gasteiger partial charge on any atom is -0.483 e. The quantitative estimate of drug-likeness (QED) is 0.772. The summed E-state index contributed by atoms with van der Waals surface area (Å²) in [5.74, 6) is 0.649. The third kappa shape index (κ3) is 5.83. The highest BCUT2D eigenvalue weighted by Gasteiger charge is 2.18. The maximum Gasteiger partial charge on any atom is 0.258 e. The largest absolute Gasteiger partial charge is 0.483 e. The van der Waals surface area contributed by atoms with Crippen LogP contribution >= 0.6 is 0 Å². The van der Waals surface area contributed by atoms with Gasteiger partial charge in [0.15, 0.2) is 6.61 Å². The summed E-state index contributed by atoms with van der Waals surface area (Å²) in [4.78, 5) is 14.4. The van der Waals surface area contributed by atoms with E-state index in [0.717, 1.165) is 16.9 Å². The first-order chi connectivity index (χ1) is 13.1. The Morgan fingerprint density at radius 2 is 1.71 bits per heavy atom. The Labute approximate surface area is 169 Å². The molecule has 2 aromatic rings. The number of amides is 1. The summed E-state index contributed by atoms with van der Waals surface area (Å²) in [7, 11) is 4.06. The highest BCUT2D eigenvalue weighted by molar-refractivity contribution is 5.77. The van der Waals surface area contributed by atoms with E-state index < -0.39 is 0 Å². The predicted molar refractivity (Wildman–Crippen MR) is 116 cm³/mol. The number of benzene rings is 2. The van der Waals surface area contributed by atoms with Crippen LogP contribution in [0.4, 0.5) is 0 Å². The predicted octanol–water partition coefficient (Wildman–Crippen LogP) is 4.40. The van der Waals surface area contributed by atoms with Crippen LogP contribution in [0.5, 0.6) is 5.75 Å². The van der Waals surface area contributed by atoms with Crippen LogP contribution in [0, 0.1) is 13.8 Å². The Morgan fingerprint density at radius 1 is 1.07 bits per heavy atom. The number of aryl methyl sites for hydroxylation is 1. The molecule has 2 rings (SSSR count). The standard InChI is InChI=1S/C24H34N2O2/c1-17-9-8-10-22(18(17)2)28-16-23(27)25-15-21(26(6)7)19-11-13-20(14-12-19)24(3,4)5/h8-14,21H,15-16H2,1-7H3,(H,25,27)/t21-/m1/s1. The van der Waals surface area contributed by atoms with Crippen molar-refractivity contribution in [3.05, 3.63) is 64.7 Å². The minimum atomic E-state index is -0.112. The Morgan fingerprint density at radius 3 is 2.29 bits per heavy atom. The van der Waals surface area contributed by atoms with Crippen LogP contribution in [0.15, 0.2) is 42.5 Å². The molecule has 0 unspecified atom stereocenters. The summed E-state index contributed by atoms with van der Waals surface area (Å²) < 4.78 is 5.71. The summed E-state index contributed by atoms with van der Waals surface area (Å²) >= 11 is 0. The van der Waals surface area contributed by atoms with E-state index in [2.05, 4.69) is 55.3 Å². The van der Waals surface area contributed by atoms with Crippen molar-refractivity contribution < 1.29 is 9.53 Å². The van der Waals surface area contributed by atoms with Gasteiger partial charge in [-0.2, -0.15) is 0 Å². The van der Waals surface area contributed by atoms with E-state index in [-0.39, 0.29) is 24.0 Å². The third-order valence-corrected chi connectivity index (χ3v) is 5.19. The second kappa shape index (κ2) is 9.24. The first-order valence-corrected chi connectivity index (χ1v) is 9.82. The summed E-state index contributed by atoms with van der Waals surface area (Å²) in [6, 6.07) is 14.7. The average Bonchev–Trinajstić information content (AvgIpc) is 2.62. The van der Waals surface area contributed by atoms with Crippen molar-refractivity contribution in [2.24, 2.45) is 0 Å². The first-order valence-electron chi connectivity index (χ1n) is 9.82. The zero-order valence-corrected chi connectivity index (χ0v) is 18.3. The molecule has 0 spiro atoms. The van der Waals surface area contributed by atoms with Crippen molar-refractivity contribution in [2.75, 3.05) is 27.2 Å². The number of likely N-dealkylation sites (N-methyl/N-ethyl adjacent to an activating group) is 1. The van der Waals surface area contributed by atoms with Crippen molar-refractivity contribution >= 4 is 5.91 Å². The fourth-order valence-corrected chi connectivity index (χ4v) is 3.09. The number of hydrogen-bond acceptors (Lipinski definition) is 3. The number of rotatable bonds is 7. The molecule has 2 aromatic carbocycles. The lowest BCUT2D eigenvalue weighted by Gasteiger charge is -2.26. The molecule has 152 valence electrons. The van der Waals surface area contributed by atoms with Crippen molar-refractivity contribution in [1.82, 2.24) is 10.2 Å². The summed E-state index contributed by atoms with van der Waals surface area (Å²) in [5.41, 5.74) is 4.85. The highest BCUT2D eigenvalue weighted by atomic mass is 16.5. The van der Waals surface area contributed by atoms with Gasteiger partial charge in [-0.3, -0.25) is 4.79 Å². The van der Waals surface area contributed by atoms with E-state index >= 15 is 0 Å². The Balaban J connectivity index is 1.95. The SMILES string of the molecule is Cc1cccc(OCC(=O)NC[C@H](c2ccc(C(C)(C)C)cc2)N(C)C)c1C. The van der Waals surface area contributed by atoms with Crippen LogP contribution in [0.1, 0.15) is 49.1 Å². The number of nitrogens with one attached hydrogen (secondary N) is 1. The molecule has 0 fully saturated rings. The zero-order chi connectivity index (χ0) is 20.9. The molecule has 4 nitrogen and oxygen atoms in total. The van der Waals surface area contributed by atoms with E-state index in [1.165, 1.54) is 11.1 Å². The van der Waals surface area contributed by atoms with Gasteiger partial charge in [-0.1, -0.05) is 57.2 Å². The van der Waals surface area contributed by atoms with E-state index in [9.17, 15) is 4.79 Å². The summed E-state index contributed by atoms with van der Waals surface area (Å²) in [5, 5.41) is 3.01. The molecule has 0 aliphatic rings. The summed E-state index contributed by atoms with van der Waals surface area (Å²) in [6.45, 7) is 11.2. The maximum atomic E-state index is 12.3.